The molecule has 2 aliphatic rings. The Hall–Kier alpha value is -1.79. The Balaban J connectivity index is 1.91. The van der Waals surface area contributed by atoms with E-state index in [0.717, 1.165) is 16.9 Å². The minimum atomic E-state index is -0.0349. The van der Waals surface area contributed by atoms with E-state index >= 15 is 0 Å². The number of carbonyl (C=O) groups excluding carboxylic acids is 1. The van der Waals surface area contributed by atoms with E-state index in [4.69, 9.17) is 21.7 Å². The van der Waals surface area contributed by atoms with Crippen LogP contribution in [-0.4, -0.2) is 34.9 Å². The van der Waals surface area contributed by atoms with Crippen LogP contribution in [-0.2, 0) is 4.79 Å². The van der Waals surface area contributed by atoms with Gasteiger partial charge in [0.1, 0.15) is 10.9 Å². The first-order chi connectivity index (χ1) is 11.0. The second-order valence-corrected chi connectivity index (χ2v) is 7.21. The van der Waals surface area contributed by atoms with Crippen LogP contribution >= 0.6 is 24.0 Å². The molecule has 0 atom stereocenters. The molecule has 0 spiro atoms. The van der Waals surface area contributed by atoms with Crippen LogP contribution in [0.15, 0.2) is 34.8 Å². The van der Waals surface area contributed by atoms with Crippen molar-refractivity contribution in [2.45, 2.75) is 19.9 Å². The van der Waals surface area contributed by atoms with Crippen LogP contribution in [0.3, 0.4) is 0 Å². The zero-order valence-corrected chi connectivity index (χ0v) is 14.8. The maximum Gasteiger partial charge on any atom is 0.266 e. The van der Waals surface area contributed by atoms with Gasteiger partial charge in [-0.25, -0.2) is 0 Å². The van der Waals surface area contributed by atoms with E-state index in [1.54, 1.807) is 12.0 Å². The number of rotatable bonds is 3. The molecule has 1 amide bonds. The van der Waals surface area contributed by atoms with Gasteiger partial charge >= 0.3 is 0 Å². The molecule has 1 aromatic carbocycles. The summed E-state index contributed by atoms with van der Waals surface area (Å²) in [5, 5.41) is 0. The number of amides is 1. The van der Waals surface area contributed by atoms with Crippen LogP contribution in [0.5, 0.6) is 11.5 Å². The highest BCUT2D eigenvalue weighted by Gasteiger charge is 2.34. The number of hydrogen-bond donors (Lipinski definition) is 0. The van der Waals surface area contributed by atoms with E-state index in [1.807, 2.05) is 44.2 Å². The van der Waals surface area contributed by atoms with E-state index in [0.29, 0.717) is 21.6 Å². The van der Waals surface area contributed by atoms with Gasteiger partial charge in [-0.15, -0.1) is 0 Å². The molecule has 0 unspecified atom stereocenters. The highest BCUT2D eigenvalue weighted by molar-refractivity contribution is 8.26. The van der Waals surface area contributed by atoms with Crippen LogP contribution in [0.1, 0.15) is 19.4 Å². The van der Waals surface area contributed by atoms with Gasteiger partial charge in [-0.1, -0.05) is 36.1 Å². The van der Waals surface area contributed by atoms with Gasteiger partial charge in [0.15, 0.2) is 11.5 Å². The number of hydrogen-bond acceptors (Lipinski definition) is 5. The Morgan fingerprint density at radius 3 is 2.87 bits per heavy atom. The molecule has 6 heteroatoms. The second-order valence-electron chi connectivity index (χ2n) is 5.53. The fourth-order valence-corrected chi connectivity index (χ4v) is 4.07. The van der Waals surface area contributed by atoms with E-state index < -0.39 is 0 Å². The molecule has 1 saturated heterocycles. The molecular formula is C17H17NO3S2. The second kappa shape index (κ2) is 6.37. The van der Waals surface area contributed by atoms with Gasteiger partial charge in [0.05, 0.1) is 12.0 Å². The molecule has 3 rings (SSSR count). The minimum absolute atomic E-state index is 0.0349. The number of nitrogens with zero attached hydrogens (tertiary/aromatic N) is 1. The Kier molecular flexibility index (Phi) is 4.46. The van der Waals surface area contributed by atoms with Gasteiger partial charge in [0, 0.05) is 11.6 Å². The average Bonchev–Trinajstić information content (AvgIpc) is 2.80. The van der Waals surface area contributed by atoms with Gasteiger partial charge < -0.3 is 9.47 Å². The predicted molar refractivity (Wildman–Crippen MR) is 96.7 cm³/mol. The molecule has 1 aromatic rings. The topological polar surface area (TPSA) is 38.8 Å². The lowest BCUT2D eigenvalue weighted by Crippen LogP contribution is -2.34. The monoisotopic (exact) mass is 347 g/mol. The number of carbonyl (C=O) groups is 1. The fraction of sp³-hybridized carbons (Fsp3) is 0.294. The molecule has 120 valence electrons. The Bertz CT molecular complexity index is 737. The Morgan fingerprint density at radius 2 is 2.22 bits per heavy atom. The van der Waals surface area contributed by atoms with E-state index in [1.165, 1.54) is 11.8 Å². The normalized spacial score (nSPS) is 19.0. The lowest BCUT2D eigenvalue weighted by atomic mass is 10.1. The molecule has 0 aromatic heterocycles. The lowest BCUT2D eigenvalue weighted by Gasteiger charge is -2.19. The van der Waals surface area contributed by atoms with Gasteiger partial charge in [-0.3, -0.25) is 9.69 Å². The first kappa shape index (κ1) is 16.1. The average molecular weight is 347 g/mol. The number of thiocarbonyl (C=S) groups is 1. The molecule has 0 saturated carbocycles. The molecule has 0 aliphatic carbocycles. The van der Waals surface area contributed by atoms with Crippen molar-refractivity contribution in [3.05, 3.63) is 40.3 Å². The first-order valence-corrected chi connectivity index (χ1v) is 8.51. The number of ether oxygens (including phenoxy) is 2. The minimum Gasteiger partial charge on any atom is -0.493 e. The summed E-state index contributed by atoms with van der Waals surface area (Å²) in [6, 6.07) is 5.81. The number of thioether (sulfide) groups is 1. The van der Waals surface area contributed by atoms with Crippen molar-refractivity contribution >= 4 is 40.3 Å². The highest BCUT2D eigenvalue weighted by Crippen LogP contribution is 2.38. The summed E-state index contributed by atoms with van der Waals surface area (Å²) < 4.78 is 11.7. The maximum absolute atomic E-state index is 12.4. The zero-order valence-electron chi connectivity index (χ0n) is 13.2. The summed E-state index contributed by atoms with van der Waals surface area (Å²) in [4.78, 5) is 14.7. The van der Waals surface area contributed by atoms with Crippen molar-refractivity contribution in [1.29, 1.82) is 0 Å². The molecule has 0 bridgehead atoms. The molecule has 0 N–H and O–H groups in total. The lowest BCUT2D eigenvalue weighted by molar-refractivity contribution is -0.123. The van der Waals surface area contributed by atoms with E-state index in [9.17, 15) is 4.79 Å². The third-order valence-corrected chi connectivity index (χ3v) is 4.94. The summed E-state index contributed by atoms with van der Waals surface area (Å²) in [6.07, 6.45) is 3.88. The molecule has 2 heterocycles. The Morgan fingerprint density at radius 1 is 1.43 bits per heavy atom. The molecule has 2 aliphatic heterocycles. The van der Waals surface area contributed by atoms with Crippen molar-refractivity contribution in [3.63, 3.8) is 0 Å². The summed E-state index contributed by atoms with van der Waals surface area (Å²) in [7, 11) is 1.62. The third-order valence-electron chi connectivity index (χ3n) is 3.61. The van der Waals surface area contributed by atoms with Gasteiger partial charge in [-0.2, -0.15) is 0 Å². The smallest absolute Gasteiger partial charge is 0.266 e. The van der Waals surface area contributed by atoms with Crippen molar-refractivity contribution in [2.75, 3.05) is 13.7 Å². The third kappa shape index (κ3) is 3.01. The summed E-state index contributed by atoms with van der Waals surface area (Å²) in [6.45, 7) is 4.32. The van der Waals surface area contributed by atoms with Gasteiger partial charge in [0.25, 0.3) is 5.91 Å². The number of methoxy groups -OCH3 is 1. The van der Waals surface area contributed by atoms with Crippen LogP contribution in [0.2, 0.25) is 0 Å². The quantitative estimate of drug-likeness (QED) is 0.617. The molecule has 1 fully saturated rings. The maximum atomic E-state index is 12.4. The van der Waals surface area contributed by atoms with Crippen LogP contribution in [0, 0.1) is 0 Å². The zero-order chi connectivity index (χ0) is 16.6. The van der Waals surface area contributed by atoms with E-state index in [-0.39, 0.29) is 11.9 Å². The largest absolute Gasteiger partial charge is 0.493 e. The standard InChI is InChI=1S/C17H17NO3S2/c1-10(2)18-16(19)14(23-17(18)22)8-11-7-12-5-4-6-13(20-3)15(12)21-9-11/h4-8,10H,9H2,1-3H3/b14-8-. The van der Waals surface area contributed by atoms with Crippen LogP contribution in [0.4, 0.5) is 0 Å². The molecule has 23 heavy (non-hydrogen) atoms. The number of fused-ring (bicyclic) bond motifs is 1. The summed E-state index contributed by atoms with van der Waals surface area (Å²) in [5.41, 5.74) is 1.89. The van der Waals surface area contributed by atoms with Gasteiger partial charge in [0.2, 0.25) is 0 Å². The van der Waals surface area contributed by atoms with Gasteiger partial charge in [-0.05, 0) is 37.6 Å². The first-order valence-electron chi connectivity index (χ1n) is 7.28. The van der Waals surface area contributed by atoms with Crippen molar-refractivity contribution in [2.24, 2.45) is 0 Å². The van der Waals surface area contributed by atoms with Crippen molar-refractivity contribution in [3.8, 4) is 11.5 Å². The molecule has 0 radical (unpaired) electrons. The van der Waals surface area contributed by atoms with Crippen LogP contribution < -0.4 is 9.47 Å². The van der Waals surface area contributed by atoms with Crippen molar-refractivity contribution in [1.82, 2.24) is 4.90 Å². The van der Waals surface area contributed by atoms with Crippen molar-refractivity contribution < 1.29 is 14.3 Å². The summed E-state index contributed by atoms with van der Waals surface area (Å²) in [5.74, 6) is 1.41. The molecular weight excluding hydrogens is 330 g/mol. The fourth-order valence-electron chi connectivity index (χ4n) is 2.54. The Labute approximate surface area is 145 Å². The van der Waals surface area contributed by atoms with Crippen LogP contribution in [0.25, 0.3) is 6.08 Å². The SMILES string of the molecule is COc1cccc2c1OCC(/C=C1\SC(=S)N(C(C)C)C1=O)=C2. The number of benzene rings is 1. The highest BCUT2D eigenvalue weighted by atomic mass is 32.2. The predicted octanol–water partition coefficient (Wildman–Crippen LogP) is 3.62. The number of para-hydroxylation sites is 1. The summed E-state index contributed by atoms with van der Waals surface area (Å²) >= 11 is 6.63. The van der Waals surface area contributed by atoms with E-state index in [2.05, 4.69) is 0 Å². The molecule has 4 nitrogen and oxygen atoms in total.